The third-order valence-corrected chi connectivity index (χ3v) is 5.30. The molecule has 0 aliphatic heterocycles. The van der Waals surface area contributed by atoms with Crippen molar-refractivity contribution in [2.24, 2.45) is 0 Å². The van der Waals surface area contributed by atoms with E-state index in [1.165, 1.54) is 18.2 Å². The largest absolute Gasteiger partial charge is 0.507 e. The van der Waals surface area contributed by atoms with Crippen LogP contribution in [0.2, 0.25) is 0 Å². The lowest BCUT2D eigenvalue weighted by Crippen LogP contribution is -2.32. The lowest BCUT2D eigenvalue weighted by Gasteiger charge is -2.19. The smallest absolute Gasteiger partial charge is 0.336 e. The molecule has 0 saturated heterocycles. The van der Waals surface area contributed by atoms with Crippen LogP contribution in [0.15, 0.2) is 66.7 Å². The van der Waals surface area contributed by atoms with Crippen LogP contribution < -0.4 is 10.1 Å². The van der Waals surface area contributed by atoms with Crippen LogP contribution >= 0.6 is 0 Å². The van der Waals surface area contributed by atoms with Crippen LogP contribution in [-0.2, 0) is 12.3 Å². The van der Waals surface area contributed by atoms with Gasteiger partial charge in [0, 0.05) is 24.2 Å². The molecule has 0 bridgehead atoms. The maximum absolute atomic E-state index is 14.3. The van der Waals surface area contributed by atoms with Crippen molar-refractivity contribution in [1.82, 2.24) is 5.32 Å². The summed E-state index contributed by atoms with van der Waals surface area (Å²) in [5, 5.41) is 32.2. The summed E-state index contributed by atoms with van der Waals surface area (Å²) < 4.78 is 33.8. The molecule has 0 aromatic heterocycles. The molecule has 0 saturated carbocycles. The Labute approximate surface area is 196 Å². The number of rotatable bonds is 11. The molecule has 3 rings (SSSR count). The Kier molecular flexibility index (Phi) is 8.20. The quantitative estimate of drug-likeness (QED) is 0.333. The first-order chi connectivity index (χ1) is 16.2. The molecular weight excluding hydrogens is 444 g/mol. The fourth-order valence-corrected chi connectivity index (χ4v) is 3.46. The molecule has 0 fully saturated rings. The number of benzene rings is 3. The molecule has 8 heteroatoms. The molecule has 0 heterocycles. The lowest BCUT2D eigenvalue weighted by molar-refractivity contribution is -0.0467. The van der Waals surface area contributed by atoms with E-state index in [2.05, 4.69) is 11.4 Å². The molecule has 179 valence electrons. The van der Waals surface area contributed by atoms with Gasteiger partial charge in [0.05, 0.1) is 11.7 Å². The maximum atomic E-state index is 14.3. The summed E-state index contributed by atoms with van der Waals surface area (Å²) in [5.41, 5.74) is 0.792. The summed E-state index contributed by atoms with van der Waals surface area (Å²) in [5.74, 6) is -4.34. The first-order valence-corrected chi connectivity index (χ1v) is 10.7. The number of carboxylic acid groups (broad SMARTS) is 1. The Morgan fingerprint density at radius 3 is 2.47 bits per heavy atom. The molecule has 3 aromatic carbocycles. The number of hydrogen-bond donors (Lipinski definition) is 4. The van der Waals surface area contributed by atoms with Gasteiger partial charge in [0.2, 0.25) is 0 Å². The van der Waals surface area contributed by atoms with Gasteiger partial charge in [-0.2, -0.15) is 8.78 Å². The van der Waals surface area contributed by atoms with Crippen molar-refractivity contribution < 1.29 is 33.6 Å². The van der Waals surface area contributed by atoms with Crippen molar-refractivity contribution >= 4 is 5.97 Å². The van der Waals surface area contributed by atoms with Crippen LogP contribution in [0.3, 0.4) is 0 Å². The van der Waals surface area contributed by atoms with Gasteiger partial charge in [-0.15, -0.1) is 0 Å². The molecule has 34 heavy (non-hydrogen) atoms. The number of ether oxygens (including phenoxy) is 1. The second-order valence-corrected chi connectivity index (χ2v) is 8.02. The highest BCUT2D eigenvalue weighted by molar-refractivity contribution is 5.90. The van der Waals surface area contributed by atoms with E-state index in [9.17, 15) is 28.9 Å². The highest BCUT2D eigenvalue weighted by atomic mass is 19.3. The monoisotopic (exact) mass is 470 g/mol. The van der Waals surface area contributed by atoms with Gasteiger partial charge in [-0.25, -0.2) is 4.79 Å². The zero-order chi connectivity index (χ0) is 24.7. The predicted molar refractivity (Wildman–Crippen MR) is 122 cm³/mol. The molecule has 0 aliphatic rings. The Bertz CT molecular complexity index is 1090. The number of phenolic OH excluding ortho intramolecular Hbond substituents is 1. The number of hydrogen-bond acceptors (Lipinski definition) is 5. The molecule has 1 radical (unpaired) electrons. The number of aromatic hydroxyl groups is 1. The van der Waals surface area contributed by atoms with Crippen molar-refractivity contribution in [1.29, 1.82) is 0 Å². The van der Waals surface area contributed by atoms with Crippen molar-refractivity contribution in [3.63, 3.8) is 0 Å². The molecule has 6 nitrogen and oxygen atoms in total. The van der Waals surface area contributed by atoms with Crippen LogP contribution in [0.5, 0.6) is 11.5 Å². The lowest BCUT2D eigenvalue weighted by atomic mass is 10.0. The van der Waals surface area contributed by atoms with Gasteiger partial charge in [-0.05, 0) is 48.7 Å². The minimum atomic E-state index is -3.10. The number of carboxylic acids is 1. The topological polar surface area (TPSA) is 99.0 Å². The van der Waals surface area contributed by atoms with Crippen molar-refractivity contribution in [3.8, 4) is 11.5 Å². The van der Waals surface area contributed by atoms with E-state index in [0.717, 1.165) is 11.6 Å². The van der Waals surface area contributed by atoms with E-state index in [4.69, 9.17) is 4.74 Å². The van der Waals surface area contributed by atoms with Crippen molar-refractivity contribution in [3.05, 3.63) is 95.1 Å². The summed E-state index contributed by atoms with van der Waals surface area (Å²) in [6.07, 6.45) is -0.520. The Hall–Kier alpha value is -3.49. The summed E-state index contributed by atoms with van der Waals surface area (Å²) in [6.45, 7) is 1.23. The van der Waals surface area contributed by atoms with Gasteiger partial charge in [0.25, 0.3) is 0 Å². The van der Waals surface area contributed by atoms with Crippen molar-refractivity contribution in [2.75, 3.05) is 13.2 Å². The molecule has 0 aliphatic carbocycles. The third kappa shape index (κ3) is 6.76. The number of aromatic carboxylic acids is 1. The van der Waals surface area contributed by atoms with Gasteiger partial charge in [-0.3, -0.25) is 0 Å². The average Bonchev–Trinajstić information content (AvgIpc) is 2.82. The SMILES string of the molecule is C[C@H](Cc1ccc(OCC(F)(F)c2ccccc2)cc1)NC[C@H](O)c1c[c]c(O)cc1C(=O)O. The second kappa shape index (κ2) is 11.1. The number of aliphatic hydroxyl groups is 1. The normalized spacial score (nSPS) is 13.3. The first-order valence-electron chi connectivity index (χ1n) is 10.7. The molecule has 2 atom stereocenters. The maximum Gasteiger partial charge on any atom is 0.336 e. The van der Waals surface area contributed by atoms with E-state index in [1.807, 2.05) is 6.92 Å². The second-order valence-electron chi connectivity index (χ2n) is 8.02. The molecular formula is C26H26F2NO5. The number of halogens is 2. The molecule has 0 unspecified atom stereocenters. The molecule has 4 N–H and O–H groups in total. The fourth-order valence-electron chi connectivity index (χ4n) is 3.46. The Morgan fingerprint density at radius 2 is 1.82 bits per heavy atom. The zero-order valence-corrected chi connectivity index (χ0v) is 18.5. The van der Waals surface area contributed by atoms with E-state index in [0.29, 0.717) is 12.2 Å². The summed E-state index contributed by atoms with van der Waals surface area (Å²) in [6, 6.07) is 19.0. The third-order valence-electron chi connectivity index (χ3n) is 5.30. The van der Waals surface area contributed by atoms with Crippen LogP contribution in [0.4, 0.5) is 8.78 Å². The fraction of sp³-hybridized carbons (Fsp3) is 0.269. The highest BCUT2D eigenvalue weighted by Crippen LogP contribution is 2.29. The predicted octanol–water partition coefficient (Wildman–Crippen LogP) is 4.32. The van der Waals surface area contributed by atoms with Crippen molar-refractivity contribution in [2.45, 2.75) is 31.4 Å². The van der Waals surface area contributed by atoms with Crippen LogP contribution in [0.25, 0.3) is 0 Å². The molecule has 0 amide bonds. The standard InChI is InChI=1S/C26H26F2NO5/c1-17(29-15-24(31)22-12-9-20(30)14-23(22)25(32)33)13-18-7-10-21(11-8-18)34-16-26(27,28)19-5-3-2-4-6-19/h2-8,10-12,14,17,24,29-31H,13,15-16H2,1H3,(H,32,33)/t17-,24+/m1/s1. The molecule has 0 spiro atoms. The van der Waals surface area contributed by atoms with Crippen LogP contribution in [0, 0.1) is 6.07 Å². The number of alkyl halides is 2. The first kappa shape index (κ1) is 25.1. The highest BCUT2D eigenvalue weighted by Gasteiger charge is 2.32. The van der Waals surface area contributed by atoms with Gasteiger partial charge in [0.15, 0.2) is 6.61 Å². The minimum Gasteiger partial charge on any atom is -0.507 e. The van der Waals surface area contributed by atoms with Gasteiger partial charge >= 0.3 is 11.9 Å². The Morgan fingerprint density at radius 1 is 1.15 bits per heavy atom. The summed E-state index contributed by atoms with van der Waals surface area (Å²) >= 11 is 0. The number of carbonyl (C=O) groups is 1. The Balaban J connectivity index is 1.50. The minimum absolute atomic E-state index is 0.0711. The van der Waals surface area contributed by atoms with Gasteiger partial charge in [-0.1, -0.05) is 42.5 Å². The molecule has 3 aromatic rings. The van der Waals surface area contributed by atoms with Crippen LogP contribution in [0.1, 0.15) is 40.1 Å². The zero-order valence-electron chi connectivity index (χ0n) is 18.5. The van der Waals surface area contributed by atoms with Crippen LogP contribution in [-0.4, -0.2) is 40.5 Å². The number of nitrogens with one attached hydrogen (secondary N) is 1. The number of aliphatic hydroxyl groups excluding tert-OH is 1. The van der Waals surface area contributed by atoms with E-state index in [1.54, 1.807) is 42.5 Å². The number of phenols is 1. The average molecular weight is 470 g/mol. The van der Waals surface area contributed by atoms with Gasteiger partial charge in [0.1, 0.15) is 11.5 Å². The van der Waals surface area contributed by atoms with E-state index >= 15 is 0 Å². The van der Waals surface area contributed by atoms with E-state index in [-0.39, 0.29) is 35.0 Å². The summed E-state index contributed by atoms with van der Waals surface area (Å²) in [4.78, 5) is 11.4. The van der Waals surface area contributed by atoms with Gasteiger partial charge < -0.3 is 25.4 Å². The van der Waals surface area contributed by atoms with E-state index < -0.39 is 24.6 Å². The summed E-state index contributed by atoms with van der Waals surface area (Å²) in [7, 11) is 0.